The highest BCUT2D eigenvalue weighted by Crippen LogP contribution is 2.32. The summed E-state index contributed by atoms with van der Waals surface area (Å²) in [5.41, 5.74) is -1.34. The Labute approximate surface area is 161 Å². The van der Waals surface area contributed by atoms with Gasteiger partial charge in [0.05, 0.1) is 14.2 Å². The Kier molecular flexibility index (Phi) is 7.02. The molecule has 0 unspecified atom stereocenters. The number of hydrogen-bond donors (Lipinski definition) is 1. The zero-order valence-corrected chi connectivity index (χ0v) is 16.3. The summed E-state index contributed by atoms with van der Waals surface area (Å²) in [6, 6.07) is 7.29. The number of hydrazine groups is 1. The molecular formula is C17H20ClN3O6. The van der Waals surface area contributed by atoms with Gasteiger partial charge >= 0.3 is 18.2 Å². The number of methoxy groups -OCH3 is 2. The molecule has 0 heterocycles. The quantitative estimate of drug-likeness (QED) is 0.473. The van der Waals surface area contributed by atoms with Crippen LogP contribution in [-0.2, 0) is 24.5 Å². The van der Waals surface area contributed by atoms with E-state index in [9.17, 15) is 19.6 Å². The number of amides is 2. The maximum absolute atomic E-state index is 13.0. The lowest BCUT2D eigenvalue weighted by atomic mass is 9.90. The fraction of sp³-hybridized carbons (Fsp3) is 0.412. The van der Waals surface area contributed by atoms with Gasteiger partial charge in [-0.1, -0.05) is 23.7 Å². The van der Waals surface area contributed by atoms with Crippen LogP contribution in [-0.4, -0.2) is 43.0 Å². The van der Waals surface area contributed by atoms with Gasteiger partial charge in [-0.15, -0.1) is 0 Å². The van der Waals surface area contributed by atoms with Crippen LogP contribution >= 0.6 is 11.6 Å². The molecule has 0 fully saturated rings. The summed E-state index contributed by atoms with van der Waals surface area (Å²) in [7, 11) is 2.07. The van der Waals surface area contributed by atoms with Crippen LogP contribution in [0.5, 0.6) is 0 Å². The Balaban J connectivity index is 3.69. The Hall–Kier alpha value is -2.99. The van der Waals surface area contributed by atoms with E-state index in [1.165, 1.54) is 24.3 Å². The molecule has 0 aliphatic carbocycles. The van der Waals surface area contributed by atoms with E-state index >= 15 is 0 Å². The summed E-state index contributed by atoms with van der Waals surface area (Å²) >= 11 is 5.87. The summed E-state index contributed by atoms with van der Waals surface area (Å²) in [6.45, 7) is 4.77. The van der Waals surface area contributed by atoms with Crippen molar-refractivity contribution in [3.63, 3.8) is 0 Å². The van der Waals surface area contributed by atoms with Crippen LogP contribution in [0, 0.1) is 11.3 Å². The SMILES string of the molecule is COC(=O)NN(C(=O)OC)[C@@](C#N)(C(=O)OC(C)(C)C)c1ccc(Cl)cc1. The minimum atomic E-state index is -2.40. The second-order valence-electron chi connectivity index (χ2n) is 6.24. The molecule has 1 atom stereocenters. The number of ether oxygens (including phenoxy) is 3. The van der Waals surface area contributed by atoms with E-state index in [2.05, 4.69) is 9.47 Å². The highest BCUT2D eigenvalue weighted by molar-refractivity contribution is 6.30. The molecule has 0 saturated carbocycles. The zero-order chi connectivity index (χ0) is 20.8. The fourth-order valence-electron chi connectivity index (χ4n) is 2.04. The van der Waals surface area contributed by atoms with Crippen LogP contribution in [0.4, 0.5) is 9.59 Å². The number of carbonyl (C=O) groups is 3. The third-order valence-corrected chi connectivity index (χ3v) is 3.45. The number of hydrogen-bond acceptors (Lipinski definition) is 7. The van der Waals surface area contributed by atoms with Gasteiger partial charge in [-0.05, 0) is 32.9 Å². The largest absolute Gasteiger partial charge is 0.457 e. The van der Waals surface area contributed by atoms with E-state index in [1.807, 2.05) is 5.43 Å². The number of halogens is 1. The van der Waals surface area contributed by atoms with Crippen LogP contribution < -0.4 is 5.43 Å². The molecule has 10 heteroatoms. The van der Waals surface area contributed by atoms with Crippen molar-refractivity contribution in [3.05, 3.63) is 34.9 Å². The Morgan fingerprint density at radius 1 is 1.11 bits per heavy atom. The molecular weight excluding hydrogens is 378 g/mol. The van der Waals surface area contributed by atoms with E-state index in [4.69, 9.17) is 16.3 Å². The normalized spacial score (nSPS) is 12.8. The Morgan fingerprint density at radius 2 is 1.67 bits per heavy atom. The molecule has 9 nitrogen and oxygen atoms in total. The van der Waals surface area contributed by atoms with Crippen LogP contribution in [0.2, 0.25) is 5.02 Å². The van der Waals surface area contributed by atoms with E-state index in [0.717, 1.165) is 14.2 Å². The summed E-state index contributed by atoms with van der Waals surface area (Å²) < 4.78 is 14.4. The number of nitriles is 1. The predicted octanol–water partition coefficient (Wildman–Crippen LogP) is 2.74. The molecule has 146 valence electrons. The number of nitrogens with one attached hydrogen (secondary N) is 1. The number of rotatable bonds is 3. The zero-order valence-electron chi connectivity index (χ0n) is 15.5. The third-order valence-electron chi connectivity index (χ3n) is 3.20. The Morgan fingerprint density at radius 3 is 2.07 bits per heavy atom. The Bertz CT molecular complexity index is 753. The molecule has 0 radical (unpaired) electrons. The molecule has 0 bridgehead atoms. The van der Waals surface area contributed by atoms with Crippen LogP contribution in [0.25, 0.3) is 0 Å². The van der Waals surface area contributed by atoms with Gasteiger partial charge in [-0.25, -0.2) is 19.8 Å². The number of benzene rings is 1. The third kappa shape index (κ3) is 5.01. The molecule has 1 aromatic carbocycles. The molecule has 0 saturated heterocycles. The lowest BCUT2D eigenvalue weighted by molar-refractivity contribution is -0.167. The molecule has 1 aromatic rings. The van der Waals surface area contributed by atoms with Crippen molar-refractivity contribution in [2.75, 3.05) is 14.2 Å². The monoisotopic (exact) mass is 397 g/mol. The van der Waals surface area contributed by atoms with Gasteiger partial charge in [0.2, 0.25) is 0 Å². The summed E-state index contributed by atoms with van der Waals surface area (Å²) in [4.78, 5) is 37.1. The maximum atomic E-state index is 13.0. The lowest BCUT2D eigenvalue weighted by Crippen LogP contribution is -2.62. The van der Waals surface area contributed by atoms with Crippen molar-refractivity contribution in [2.45, 2.75) is 31.9 Å². The topological polar surface area (TPSA) is 118 Å². The van der Waals surface area contributed by atoms with Crippen molar-refractivity contribution in [1.29, 1.82) is 5.26 Å². The van der Waals surface area contributed by atoms with Crippen molar-refractivity contribution < 1.29 is 28.6 Å². The molecule has 0 aliphatic rings. The van der Waals surface area contributed by atoms with E-state index in [-0.39, 0.29) is 5.56 Å². The van der Waals surface area contributed by atoms with Crippen molar-refractivity contribution in [3.8, 4) is 6.07 Å². The second kappa shape index (κ2) is 8.60. The predicted molar refractivity (Wildman–Crippen MR) is 94.4 cm³/mol. The molecule has 2 amide bonds. The van der Waals surface area contributed by atoms with E-state index in [0.29, 0.717) is 10.0 Å². The second-order valence-corrected chi connectivity index (χ2v) is 6.68. The van der Waals surface area contributed by atoms with Crippen molar-refractivity contribution >= 4 is 29.8 Å². The van der Waals surface area contributed by atoms with Gasteiger partial charge in [0, 0.05) is 10.6 Å². The van der Waals surface area contributed by atoms with Gasteiger partial charge in [0.1, 0.15) is 11.7 Å². The standard InChI is InChI=1S/C17H20ClN3O6/c1-16(2,3)27-13(22)17(10-19,11-6-8-12(18)9-7-11)21(15(24)26-5)20-14(23)25-4/h6-9H,1-5H3,(H,20,23)/t17-/m1/s1. The van der Waals surface area contributed by atoms with Gasteiger partial charge in [0.25, 0.3) is 5.54 Å². The molecule has 1 N–H and O–H groups in total. The van der Waals surface area contributed by atoms with Crippen LogP contribution in [0.1, 0.15) is 26.3 Å². The molecule has 1 rings (SSSR count). The van der Waals surface area contributed by atoms with Gasteiger partial charge in [-0.2, -0.15) is 10.3 Å². The highest BCUT2D eigenvalue weighted by atomic mass is 35.5. The minimum absolute atomic E-state index is 0.0189. The number of carbonyl (C=O) groups excluding carboxylic acids is 3. The first kappa shape index (κ1) is 22.1. The first-order valence-corrected chi connectivity index (χ1v) is 8.03. The highest BCUT2D eigenvalue weighted by Gasteiger charge is 2.53. The van der Waals surface area contributed by atoms with E-state index in [1.54, 1.807) is 26.8 Å². The summed E-state index contributed by atoms with van der Waals surface area (Å²) in [5, 5.41) is 10.7. The molecule has 0 spiro atoms. The first-order chi connectivity index (χ1) is 12.5. The molecule has 0 aliphatic heterocycles. The van der Waals surface area contributed by atoms with Crippen LogP contribution in [0.3, 0.4) is 0 Å². The van der Waals surface area contributed by atoms with Gasteiger partial charge in [0.15, 0.2) is 0 Å². The average Bonchev–Trinajstić information content (AvgIpc) is 2.60. The lowest BCUT2D eigenvalue weighted by Gasteiger charge is -2.36. The fourth-order valence-corrected chi connectivity index (χ4v) is 2.16. The number of esters is 1. The van der Waals surface area contributed by atoms with Gasteiger partial charge in [-0.3, -0.25) is 0 Å². The van der Waals surface area contributed by atoms with E-state index < -0.39 is 29.3 Å². The number of nitrogens with zero attached hydrogens (tertiary/aromatic N) is 2. The average molecular weight is 398 g/mol. The summed E-state index contributed by atoms with van der Waals surface area (Å²) in [5.74, 6) is -1.11. The van der Waals surface area contributed by atoms with Crippen LogP contribution in [0.15, 0.2) is 24.3 Å². The van der Waals surface area contributed by atoms with Crippen molar-refractivity contribution in [1.82, 2.24) is 10.4 Å². The smallest absolute Gasteiger partial charge is 0.430 e. The molecule has 0 aromatic heterocycles. The maximum Gasteiger partial charge on any atom is 0.430 e. The first-order valence-electron chi connectivity index (χ1n) is 7.65. The van der Waals surface area contributed by atoms with Gasteiger partial charge < -0.3 is 14.2 Å². The minimum Gasteiger partial charge on any atom is -0.457 e. The summed E-state index contributed by atoms with van der Waals surface area (Å²) in [6.07, 6.45) is -2.29. The van der Waals surface area contributed by atoms with Crippen molar-refractivity contribution in [2.24, 2.45) is 0 Å². The molecule has 27 heavy (non-hydrogen) atoms.